The van der Waals surface area contributed by atoms with Gasteiger partial charge in [-0.15, -0.1) is 0 Å². The molecule has 3 rings (SSSR count). The van der Waals surface area contributed by atoms with Crippen LogP contribution in [-0.2, 0) is 9.59 Å². The Bertz CT molecular complexity index is 378. The minimum Gasteiger partial charge on any atom is -0.391 e. The summed E-state index contributed by atoms with van der Waals surface area (Å²) >= 11 is 0. The van der Waals surface area contributed by atoms with Crippen molar-refractivity contribution in [2.45, 2.75) is 50.7 Å². The third-order valence-corrected chi connectivity index (χ3v) is 4.57. The van der Waals surface area contributed by atoms with Crippen molar-refractivity contribution in [1.82, 2.24) is 4.90 Å². The van der Waals surface area contributed by atoms with Crippen LogP contribution in [0.25, 0.3) is 0 Å². The van der Waals surface area contributed by atoms with Crippen LogP contribution in [0.4, 0.5) is 0 Å². The zero-order valence-electron chi connectivity index (χ0n) is 10.4. The highest BCUT2D eigenvalue weighted by molar-refractivity contribution is 6.05. The molecule has 2 aliphatic carbocycles. The Morgan fingerprint density at radius 1 is 1.00 bits per heavy atom. The highest BCUT2D eigenvalue weighted by Crippen LogP contribution is 2.38. The topological polar surface area (TPSA) is 57.6 Å². The summed E-state index contributed by atoms with van der Waals surface area (Å²) in [6, 6.07) is -0.274. The van der Waals surface area contributed by atoms with E-state index < -0.39 is 6.10 Å². The molecule has 1 N–H and O–H groups in total. The minimum absolute atomic E-state index is 0.0553. The molecule has 4 heteroatoms. The normalized spacial score (nSPS) is 40.2. The van der Waals surface area contributed by atoms with Gasteiger partial charge in [0.05, 0.1) is 24.0 Å². The fourth-order valence-electron chi connectivity index (χ4n) is 3.55. The Balaban J connectivity index is 1.84. The van der Waals surface area contributed by atoms with Gasteiger partial charge in [0.1, 0.15) is 0 Å². The van der Waals surface area contributed by atoms with Crippen molar-refractivity contribution >= 4 is 11.8 Å². The minimum atomic E-state index is -0.528. The summed E-state index contributed by atoms with van der Waals surface area (Å²) in [5, 5.41) is 10.0. The van der Waals surface area contributed by atoms with Gasteiger partial charge >= 0.3 is 0 Å². The molecule has 0 radical (unpaired) electrons. The van der Waals surface area contributed by atoms with Crippen molar-refractivity contribution in [2.24, 2.45) is 11.8 Å². The van der Waals surface area contributed by atoms with Crippen LogP contribution < -0.4 is 0 Å². The van der Waals surface area contributed by atoms with Gasteiger partial charge in [0.25, 0.3) is 0 Å². The smallest absolute Gasteiger partial charge is 0.233 e. The predicted octanol–water partition coefficient (Wildman–Crippen LogP) is 1.24. The Labute approximate surface area is 107 Å². The van der Waals surface area contributed by atoms with Crippen LogP contribution in [0.5, 0.6) is 0 Å². The van der Waals surface area contributed by atoms with E-state index in [0.29, 0.717) is 19.3 Å². The van der Waals surface area contributed by atoms with Crippen LogP contribution in [0, 0.1) is 11.8 Å². The lowest BCUT2D eigenvalue weighted by molar-refractivity contribution is -0.146. The Hall–Kier alpha value is -1.16. The first-order chi connectivity index (χ1) is 8.70. The van der Waals surface area contributed by atoms with Crippen molar-refractivity contribution in [2.75, 3.05) is 0 Å². The summed E-state index contributed by atoms with van der Waals surface area (Å²) in [5.74, 6) is -0.450. The number of allylic oxidation sites excluding steroid dienone is 2. The van der Waals surface area contributed by atoms with Gasteiger partial charge in [0.15, 0.2) is 0 Å². The van der Waals surface area contributed by atoms with Crippen LogP contribution in [0.3, 0.4) is 0 Å². The molecule has 18 heavy (non-hydrogen) atoms. The number of nitrogens with zero attached hydrogens (tertiary/aromatic N) is 1. The number of carbonyl (C=O) groups is 2. The quantitative estimate of drug-likeness (QED) is 0.562. The molecule has 4 atom stereocenters. The van der Waals surface area contributed by atoms with E-state index in [-0.39, 0.29) is 29.7 Å². The van der Waals surface area contributed by atoms with Gasteiger partial charge in [-0.05, 0) is 25.7 Å². The third-order valence-electron chi connectivity index (χ3n) is 4.57. The van der Waals surface area contributed by atoms with Gasteiger partial charge in [-0.1, -0.05) is 25.0 Å². The molecule has 1 saturated heterocycles. The molecule has 0 spiro atoms. The summed E-state index contributed by atoms with van der Waals surface area (Å²) in [4.78, 5) is 26.1. The van der Waals surface area contributed by atoms with Crippen LogP contribution >= 0.6 is 0 Å². The zero-order chi connectivity index (χ0) is 12.7. The van der Waals surface area contributed by atoms with Crippen LogP contribution in [-0.4, -0.2) is 34.0 Å². The van der Waals surface area contributed by atoms with E-state index in [2.05, 4.69) is 0 Å². The third kappa shape index (κ3) is 1.70. The molecule has 4 unspecified atom stereocenters. The summed E-state index contributed by atoms with van der Waals surface area (Å²) in [7, 11) is 0. The SMILES string of the molecule is O=C1C2CC=CCC2C(=O)N1C1CCCCC1O. The van der Waals surface area contributed by atoms with Gasteiger partial charge in [-0.3, -0.25) is 14.5 Å². The number of hydrogen-bond donors (Lipinski definition) is 1. The number of fused-ring (bicyclic) bond motifs is 1. The largest absolute Gasteiger partial charge is 0.391 e. The Morgan fingerprint density at radius 3 is 2.11 bits per heavy atom. The molecule has 0 aromatic rings. The number of hydrogen-bond acceptors (Lipinski definition) is 3. The number of amides is 2. The van der Waals surface area contributed by atoms with Crippen molar-refractivity contribution in [3.8, 4) is 0 Å². The maximum absolute atomic E-state index is 12.4. The summed E-state index contributed by atoms with van der Waals surface area (Å²) in [6.45, 7) is 0. The molecule has 0 aromatic heterocycles. The van der Waals surface area contributed by atoms with E-state index in [1.807, 2.05) is 12.2 Å². The maximum atomic E-state index is 12.4. The van der Waals surface area contributed by atoms with Crippen LogP contribution in [0.15, 0.2) is 12.2 Å². The molecule has 1 heterocycles. The van der Waals surface area contributed by atoms with E-state index >= 15 is 0 Å². The first kappa shape index (κ1) is 11.9. The fourth-order valence-corrected chi connectivity index (χ4v) is 3.55. The number of aliphatic hydroxyl groups excluding tert-OH is 1. The lowest BCUT2D eigenvalue weighted by atomic mass is 9.85. The van der Waals surface area contributed by atoms with Crippen LogP contribution in [0.1, 0.15) is 38.5 Å². The molecule has 0 bridgehead atoms. The standard InChI is InChI=1S/C14H19NO3/c16-12-8-4-3-7-11(12)15-13(17)9-5-1-2-6-10(9)14(15)18/h1-2,9-12,16H,3-8H2. The fraction of sp³-hybridized carbons (Fsp3) is 0.714. The first-order valence-electron chi connectivity index (χ1n) is 6.90. The molecule has 98 valence electrons. The number of imide groups is 1. The van der Waals surface area contributed by atoms with E-state index in [4.69, 9.17) is 0 Å². The molecule has 0 aromatic carbocycles. The molecule has 1 saturated carbocycles. The average molecular weight is 249 g/mol. The van der Waals surface area contributed by atoms with E-state index in [0.717, 1.165) is 19.3 Å². The van der Waals surface area contributed by atoms with Crippen molar-refractivity contribution < 1.29 is 14.7 Å². The summed E-state index contributed by atoms with van der Waals surface area (Å²) < 4.78 is 0. The molecule has 2 amide bonds. The zero-order valence-corrected chi connectivity index (χ0v) is 10.4. The first-order valence-corrected chi connectivity index (χ1v) is 6.90. The van der Waals surface area contributed by atoms with Crippen molar-refractivity contribution in [3.63, 3.8) is 0 Å². The van der Waals surface area contributed by atoms with Crippen LogP contribution in [0.2, 0.25) is 0 Å². The predicted molar refractivity (Wildman–Crippen MR) is 65.5 cm³/mol. The highest BCUT2D eigenvalue weighted by atomic mass is 16.3. The van der Waals surface area contributed by atoms with Gasteiger partial charge < -0.3 is 5.11 Å². The van der Waals surface area contributed by atoms with E-state index in [1.54, 1.807) is 0 Å². The van der Waals surface area contributed by atoms with Gasteiger partial charge in [-0.2, -0.15) is 0 Å². The lowest BCUT2D eigenvalue weighted by Crippen LogP contribution is -2.48. The monoisotopic (exact) mass is 249 g/mol. The second-order valence-electron chi connectivity index (χ2n) is 5.62. The number of aliphatic hydroxyl groups is 1. The van der Waals surface area contributed by atoms with Crippen molar-refractivity contribution in [1.29, 1.82) is 0 Å². The maximum Gasteiger partial charge on any atom is 0.233 e. The molecule has 4 nitrogen and oxygen atoms in total. The van der Waals surface area contributed by atoms with Gasteiger partial charge in [0.2, 0.25) is 11.8 Å². The second-order valence-corrected chi connectivity index (χ2v) is 5.62. The Kier molecular flexibility index (Phi) is 2.98. The summed E-state index contributed by atoms with van der Waals surface area (Å²) in [6.07, 6.45) is 8.25. The Morgan fingerprint density at radius 2 is 1.56 bits per heavy atom. The second kappa shape index (κ2) is 4.50. The average Bonchev–Trinajstić information content (AvgIpc) is 2.64. The van der Waals surface area contributed by atoms with Gasteiger partial charge in [-0.25, -0.2) is 0 Å². The van der Waals surface area contributed by atoms with E-state index in [1.165, 1.54) is 4.90 Å². The molecular weight excluding hydrogens is 230 g/mol. The number of likely N-dealkylation sites (tertiary alicyclic amines) is 1. The number of rotatable bonds is 1. The van der Waals surface area contributed by atoms with Crippen molar-refractivity contribution in [3.05, 3.63) is 12.2 Å². The molecule has 2 fully saturated rings. The highest BCUT2D eigenvalue weighted by Gasteiger charge is 2.50. The van der Waals surface area contributed by atoms with Gasteiger partial charge in [0, 0.05) is 0 Å². The number of carbonyl (C=O) groups excluding carboxylic acids is 2. The molecule has 3 aliphatic rings. The summed E-state index contributed by atoms with van der Waals surface area (Å²) in [5.41, 5.74) is 0. The lowest BCUT2D eigenvalue weighted by Gasteiger charge is -2.34. The molecular formula is C14H19NO3. The molecule has 1 aliphatic heterocycles. The van der Waals surface area contributed by atoms with E-state index in [9.17, 15) is 14.7 Å².